The van der Waals surface area contributed by atoms with Crippen molar-refractivity contribution in [2.45, 2.75) is 6.18 Å². The molecule has 0 saturated carbocycles. The zero-order valence-electron chi connectivity index (χ0n) is 15.0. The predicted molar refractivity (Wildman–Crippen MR) is 102 cm³/mol. The van der Waals surface area contributed by atoms with Gasteiger partial charge in [-0.15, -0.1) is 11.3 Å². The maximum absolute atomic E-state index is 13.3. The standard InChI is InChI=1S/C19H12F4N4O2S/c20-13-4-1-11(2-5-13)15-16(27-7-8-30-18(27)25-15)26-17(28)12-3-6-14(24-9-12)29-10-19(21,22)23/h1-9H,10H2,(H,26,28). The van der Waals surface area contributed by atoms with Gasteiger partial charge in [0.15, 0.2) is 11.6 Å². The molecule has 4 aromatic rings. The number of fused-ring (bicyclic) bond motifs is 1. The van der Waals surface area contributed by atoms with Gasteiger partial charge in [0, 0.05) is 29.4 Å². The van der Waals surface area contributed by atoms with Crippen LogP contribution in [0.1, 0.15) is 10.4 Å². The maximum Gasteiger partial charge on any atom is 0.422 e. The summed E-state index contributed by atoms with van der Waals surface area (Å²) in [5.74, 6) is -0.814. The third-order valence-electron chi connectivity index (χ3n) is 3.99. The van der Waals surface area contributed by atoms with Gasteiger partial charge in [0.1, 0.15) is 17.3 Å². The number of thiazole rings is 1. The Morgan fingerprint density at radius 2 is 1.93 bits per heavy atom. The molecule has 0 bridgehead atoms. The van der Waals surface area contributed by atoms with Crippen molar-refractivity contribution >= 4 is 28.0 Å². The lowest BCUT2D eigenvalue weighted by Gasteiger charge is -2.09. The largest absolute Gasteiger partial charge is 0.468 e. The first-order valence-corrected chi connectivity index (χ1v) is 9.36. The molecule has 0 aliphatic rings. The van der Waals surface area contributed by atoms with Gasteiger partial charge in [-0.2, -0.15) is 13.2 Å². The summed E-state index contributed by atoms with van der Waals surface area (Å²) in [6.45, 7) is -1.47. The topological polar surface area (TPSA) is 68.5 Å². The molecular formula is C19H12F4N4O2S. The Hall–Kier alpha value is -3.47. The van der Waals surface area contributed by atoms with Crippen LogP contribution in [0.25, 0.3) is 16.2 Å². The number of alkyl halides is 3. The van der Waals surface area contributed by atoms with Gasteiger partial charge < -0.3 is 10.1 Å². The highest BCUT2D eigenvalue weighted by Gasteiger charge is 2.28. The fourth-order valence-corrected chi connectivity index (χ4v) is 3.36. The molecule has 154 valence electrons. The van der Waals surface area contributed by atoms with Gasteiger partial charge in [0.25, 0.3) is 5.91 Å². The highest BCUT2D eigenvalue weighted by Crippen LogP contribution is 2.31. The van der Waals surface area contributed by atoms with Gasteiger partial charge in [-0.3, -0.25) is 9.20 Å². The van der Waals surface area contributed by atoms with Gasteiger partial charge >= 0.3 is 6.18 Å². The van der Waals surface area contributed by atoms with Crippen molar-refractivity contribution in [2.75, 3.05) is 11.9 Å². The molecule has 0 unspecified atom stereocenters. The number of benzene rings is 1. The number of carbonyl (C=O) groups excluding carboxylic acids is 1. The Morgan fingerprint density at radius 3 is 2.60 bits per heavy atom. The summed E-state index contributed by atoms with van der Waals surface area (Å²) in [6, 6.07) is 8.16. The van der Waals surface area contributed by atoms with E-state index in [9.17, 15) is 22.4 Å². The minimum absolute atomic E-state index is 0.115. The van der Waals surface area contributed by atoms with Crippen molar-refractivity contribution in [2.24, 2.45) is 0 Å². The molecular weight excluding hydrogens is 424 g/mol. The Balaban J connectivity index is 1.58. The van der Waals surface area contributed by atoms with Crippen molar-refractivity contribution in [3.63, 3.8) is 0 Å². The number of aromatic nitrogens is 3. The number of anilines is 1. The number of ether oxygens (including phenoxy) is 1. The molecule has 0 aliphatic heterocycles. The van der Waals surface area contributed by atoms with Crippen LogP contribution in [0.4, 0.5) is 23.4 Å². The highest BCUT2D eigenvalue weighted by atomic mass is 32.1. The van der Waals surface area contributed by atoms with Crippen LogP contribution in [0.15, 0.2) is 54.2 Å². The van der Waals surface area contributed by atoms with Crippen molar-refractivity contribution in [3.8, 4) is 17.1 Å². The molecule has 1 aromatic carbocycles. The number of halogens is 4. The van der Waals surface area contributed by atoms with E-state index < -0.39 is 24.5 Å². The Morgan fingerprint density at radius 1 is 1.17 bits per heavy atom. The van der Waals surface area contributed by atoms with Crippen LogP contribution in [0.2, 0.25) is 0 Å². The summed E-state index contributed by atoms with van der Waals surface area (Å²) in [5.41, 5.74) is 1.18. The van der Waals surface area contributed by atoms with E-state index in [1.165, 1.54) is 35.6 Å². The molecule has 0 atom stereocenters. The van der Waals surface area contributed by atoms with E-state index in [4.69, 9.17) is 0 Å². The molecule has 0 aliphatic carbocycles. The zero-order valence-corrected chi connectivity index (χ0v) is 15.8. The number of hydrogen-bond donors (Lipinski definition) is 1. The Kier molecular flexibility index (Phi) is 5.12. The number of hydrogen-bond acceptors (Lipinski definition) is 5. The number of nitrogens with one attached hydrogen (secondary N) is 1. The van der Waals surface area contributed by atoms with Crippen LogP contribution >= 0.6 is 11.3 Å². The zero-order chi connectivity index (χ0) is 21.3. The molecule has 3 heterocycles. The van der Waals surface area contributed by atoms with Crippen LogP contribution in [-0.2, 0) is 0 Å². The van der Waals surface area contributed by atoms with E-state index in [-0.39, 0.29) is 11.4 Å². The molecule has 3 aromatic heterocycles. The predicted octanol–water partition coefficient (Wildman–Crippen LogP) is 4.79. The van der Waals surface area contributed by atoms with Crippen LogP contribution in [0.3, 0.4) is 0 Å². The summed E-state index contributed by atoms with van der Waals surface area (Å²) < 4.78 is 56.1. The van der Waals surface area contributed by atoms with Gasteiger partial charge in [-0.05, 0) is 30.3 Å². The fraction of sp³-hybridized carbons (Fsp3) is 0.105. The minimum atomic E-state index is -4.48. The molecule has 6 nitrogen and oxygen atoms in total. The quantitative estimate of drug-likeness (QED) is 0.457. The van der Waals surface area contributed by atoms with E-state index in [1.807, 2.05) is 0 Å². The number of carbonyl (C=O) groups is 1. The van der Waals surface area contributed by atoms with Crippen LogP contribution in [-0.4, -0.2) is 33.1 Å². The monoisotopic (exact) mass is 436 g/mol. The Bertz CT molecular complexity index is 1180. The first kappa shape index (κ1) is 19.8. The molecule has 1 amide bonds. The number of pyridine rings is 1. The number of nitrogens with zero attached hydrogens (tertiary/aromatic N) is 3. The number of rotatable bonds is 5. The normalized spacial score (nSPS) is 11.6. The smallest absolute Gasteiger partial charge is 0.422 e. The van der Waals surface area contributed by atoms with Crippen molar-refractivity contribution < 1.29 is 27.1 Å². The lowest BCUT2D eigenvalue weighted by Crippen LogP contribution is -2.20. The molecule has 30 heavy (non-hydrogen) atoms. The van der Waals surface area contributed by atoms with Crippen LogP contribution in [0.5, 0.6) is 5.88 Å². The molecule has 0 radical (unpaired) electrons. The van der Waals surface area contributed by atoms with Crippen molar-refractivity contribution in [1.29, 1.82) is 0 Å². The summed E-state index contributed by atoms with van der Waals surface area (Å²) >= 11 is 1.36. The van der Waals surface area contributed by atoms with Gasteiger partial charge in [-0.25, -0.2) is 14.4 Å². The van der Waals surface area contributed by atoms with Gasteiger partial charge in [0.2, 0.25) is 5.88 Å². The maximum atomic E-state index is 13.3. The third-order valence-corrected chi connectivity index (χ3v) is 4.75. The summed E-state index contributed by atoms with van der Waals surface area (Å²) in [5, 5.41) is 4.53. The average Bonchev–Trinajstić information content (AvgIpc) is 3.29. The first-order chi connectivity index (χ1) is 14.3. The van der Waals surface area contributed by atoms with Gasteiger partial charge in [-0.1, -0.05) is 0 Å². The van der Waals surface area contributed by atoms with Crippen molar-refractivity contribution in [1.82, 2.24) is 14.4 Å². The lowest BCUT2D eigenvalue weighted by atomic mass is 10.1. The second-order valence-electron chi connectivity index (χ2n) is 6.11. The molecule has 0 saturated heterocycles. The second-order valence-corrected chi connectivity index (χ2v) is 6.99. The molecule has 1 N–H and O–H groups in total. The second kappa shape index (κ2) is 7.75. The molecule has 4 rings (SSSR count). The van der Waals surface area contributed by atoms with E-state index in [0.29, 0.717) is 22.0 Å². The van der Waals surface area contributed by atoms with E-state index >= 15 is 0 Å². The Labute approximate surface area is 170 Å². The van der Waals surface area contributed by atoms with Gasteiger partial charge in [0.05, 0.1) is 5.56 Å². The third kappa shape index (κ3) is 4.25. The van der Waals surface area contributed by atoms with E-state index in [1.54, 1.807) is 28.1 Å². The molecule has 0 spiro atoms. The lowest BCUT2D eigenvalue weighted by molar-refractivity contribution is -0.154. The van der Waals surface area contributed by atoms with Crippen LogP contribution in [0, 0.1) is 5.82 Å². The highest BCUT2D eigenvalue weighted by molar-refractivity contribution is 7.15. The van der Waals surface area contributed by atoms with E-state index in [2.05, 4.69) is 20.0 Å². The average molecular weight is 436 g/mol. The van der Waals surface area contributed by atoms with E-state index in [0.717, 1.165) is 6.20 Å². The SMILES string of the molecule is O=C(Nc1c(-c2ccc(F)cc2)nc2sccn12)c1ccc(OCC(F)(F)F)nc1. The van der Waals surface area contributed by atoms with Crippen molar-refractivity contribution in [3.05, 3.63) is 65.6 Å². The fourth-order valence-electron chi connectivity index (χ4n) is 2.65. The van der Waals surface area contributed by atoms with Crippen LogP contribution < -0.4 is 10.1 Å². The molecule has 0 fully saturated rings. The summed E-state index contributed by atoms with van der Waals surface area (Å²) in [7, 11) is 0. The number of amides is 1. The minimum Gasteiger partial charge on any atom is -0.468 e. The summed E-state index contributed by atoms with van der Waals surface area (Å²) in [4.78, 5) is 21.5. The summed E-state index contributed by atoms with van der Waals surface area (Å²) in [6.07, 6.45) is -1.64. The first-order valence-electron chi connectivity index (χ1n) is 8.48. The molecule has 11 heteroatoms. The number of imidazole rings is 1.